The van der Waals surface area contributed by atoms with Crippen molar-refractivity contribution in [2.45, 2.75) is 111 Å². The number of nitrogens with one attached hydrogen (secondary N) is 1. The molecule has 192 valence electrons. The number of carbonyl (C=O) groups excluding carboxylic acids is 2. The van der Waals surface area contributed by atoms with Crippen molar-refractivity contribution in [1.29, 1.82) is 0 Å². The van der Waals surface area contributed by atoms with Crippen LogP contribution in [0.25, 0.3) is 0 Å². The molecule has 2 fully saturated rings. The zero-order valence-corrected chi connectivity index (χ0v) is 23.5. The van der Waals surface area contributed by atoms with E-state index in [-0.39, 0.29) is 24.6 Å². The molecule has 3 aliphatic carbocycles. The molecule has 1 saturated heterocycles. The van der Waals surface area contributed by atoms with Gasteiger partial charge in [-0.2, -0.15) is 0 Å². The second-order valence-corrected chi connectivity index (χ2v) is 11.2. The topological polar surface area (TPSA) is 49.4 Å². The molecule has 1 spiro atoms. The molecule has 4 aliphatic rings. The van der Waals surface area contributed by atoms with Crippen LogP contribution in [0.4, 0.5) is 0 Å². The fourth-order valence-corrected chi connectivity index (χ4v) is 6.38. The summed E-state index contributed by atoms with van der Waals surface area (Å²) in [5, 5.41) is 4.32. The number of carbonyl (C=O) groups is 2. The zero-order valence-electron chi connectivity index (χ0n) is 22.7. The van der Waals surface area contributed by atoms with E-state index in [0.717, 1.165) is 55.5 Å². The fraction of sp³-hybridized carbons (Fsp3) is 0.655. The predicted octanol–water partition coefficient (Wildman–Crippen LogP) is 7.19. The highest BCUT2D eigenvalue weighted by atomic mass is 32.2. The lowest BCUT2D eigenvalue weighted by Crippen LogP contribution is -2.42. The van der Waals surface area contributed by atoms with Crippen molar-refractivity contribution in [3.8, 4) is 0 Å². The van der Waals surface area contributed by atoms with Crippen LogP contribution in [0.3, 0.4) is 0 Å². The van der Waals surface area contributed by atoms with Crippen molar-refractivity contribution in [3.63, 3.8) is 0 Å². The second kappa shape index (κ2) is 12.9. The minimum absolute atomic E-state index is 0. The number of hydrogen-bond acceptors (Lipinski definition) is 4. The molecule has 5 heteroatoms. The van der Waals surface area contributed by atoms with E-state index < -0.39 is 0 Å². The van der Waals surface area contributed by atoms with Crippen LogP contribution in [0.1, 0.15) is 95.3 Å². The summed E-state index contributed by atoms with van der Waals surface area (Å²) in [5.41, 5.74) is 2.59. The first-order valence-electron chi connectivity index (χ1n) is 13.4. The Morgan fingerprint density at radius 1 is 1.21 bits per heavy atom. The molecule has 1 aliphatic heterocycles. The first kappa shape index (κ1) is 28.6. The second-order valence-electron chi connectivity index (χ2n) is 9.53. The van der Waals surface area contributed by atoms with Gasteiger partial charge in [0.1, 0.15) is 0 Å². The summed E-state index contributed by atoms with van der Waals surface area (Å²) < 4.78 is 0. The van der Waals surface area contributed by atoms with Gasteiger partial charge in [0, 0.05) is 49.1 Å². The number of nitrogens with zero attached hydrogens (tertiary/aromatic N) is 1. The van der Waals surface area contributed by atoms with E-state index in [0.29, 0.717) is 17.7 Å². The summed E-state index contributed by atoms with van der Waals surface area (Å²) in [7, 11) is 0. The van der Waals surface area contributed by atoms with Crippen LogP contribution in [-0.2, 0) is 9.59 Å². The lowest BCUT2D eigenvalue weighted by molar-refractivity contribution is -0.136. The van der Waals surface area contributed by atoms with Gasteiger partial charge in [-0.15, -0.1) is 11.8 Å². The standard InChI is InChI=1S/C25H34N2O2S.2C2H6.H2/c1-5-21(30-16(2)3)15-26-19-8-10-25(11-9-19)14-17(4)27(24(25)29)20-12-18-6-7-22(18)23(28)13-20;2*1-2;/h5-7,13,16-17,19,26H,8-12,14-15H2,1-4H3;2*1-2H3;1H/b21-5-;;;. The summed E-state index contributed by atoms with van der Waals surface area (Å²) >= 11 is 1.92. The first-order chi connectivity index (χ1) is 16.3. The number of allylic oxidation sites excluding steroid dienone is 6. The molecular formula is C29H48N2O2S. The van der Waals surface area contributed by atoms with Gasteiger partial charge in [-0.3, -0.25) is 9.59 Å². The van der Waals surface area contributed by atoms with Crippen LogP contribution < -0.4 is 5.32 Å². The quantitative estimate of drug-likeness (QED) is 0.430. The Hall–Kier alpha value is -1.59. The molecular weight excluding hydrogens is 440 g/mol. The number of amides is 1. The highest BCUT2D eigenvalue weighted by molar-refractivity contribution is 8.03. The SMILES string of the molecule is C/C=C(/CNC1CCC2(CC1)CC(C)N(C1=CC(=O)C3=C(C=C3)C1)C2=O)SC(C)C.CC.CC.[HH]. The number of thioether (sulfide) groups is 1. The van der Waals surface area contributed by atoms with Gasteiger partial charge in [0.15, 0.2) is 5.78 Å². The molecule has 4 nitrogen and oxygen atoms in total. The highest BCUT2D eigenvalue weighted by Gasteiger charge is 2.52. The van der Waals surface area contributed by atoms with Gasteiger partial charge in [-0.25, -0.2) is 0 Å². The Bertz CT molecular complexity index is 864. The lowest BCUT2D eigenvalue weighted by Gasteiger charge is -2.37. The monoisotopic (exact) mass is 488 g/mol. The van der Waals surface area contributed by atoms with Gasteiger partial charge in [0.05, 0.1) is 5.41 Å². The molecule has 0 bridgehead atoms. The average Bonchev–Trinajstić information content (AvgIpc) is 3.05. The summed E-state index contributed by atoms with van der Waals surface area (Å²) in [6.07, 6.45) is 13.4. The van der Waals surface area contributed by atoms with Crippen LogP contribution in [-0.4, -0.2) is 40.5 Å². The van der Waals surface area contributed by atoms with Gasteiger partial charge >= 0.3 is 0 Å². The van der Waals surface area contributed by atoms with E-state index in [1.54, 1.807) is 6.08 Å². The zero-order chi connectivity index (χ0) is 25.5. The highest BCUT2D eigenvalue weighted by Crippen LogP contribution is 2.49. The van der Waals surface area contributed by atoms with Crippen molar-refractivity contribution in [2.24, 2.45) is 5.41 Å². The molecule has 1 amide bonds. The van der Waals surface area contributed by atoms with Crippen LogP contribution in [0, 0.1) is 5.41 Å². The van der Waals surface area contributed by atoms with E-state index in [1.165, 1.54) is 4.91 Å². The van der Waals surface area contributed by atoms with E-state index in [2.05, 4.69) is 39.1 Å². The summed E-state index contributed by atoms with van der Waals surface area (Å²) in [4.78, 5) is 29.2. The molecule has 1 N–H and O–H groups in total. The average molecular weight is 489 g/mol. The minimum Gasteiger partial charge on any atom is -0.312 e. The third-order valence-electron chi connectivity index (χ3n) is 7.06. The van der Waals surface area contributed by atoms with Crippen molar-refractivity contribution < 1.29 is 11.0 Å². The van der Waals surface area contributed by atoms with E-state index in [1.807, 2.05) is 56.5 Å². The van der Waals surface area contributed by atoms with Crippen molar-refractivity contribution in [3.05, 3.63) is 46.1 Å². The third kappa shape index (κ3) is 6.15. The Labute approximate surface area is 213 Å². The Balaban J connectivity index is 0.00000117. The van der Waals surface area contributed by atoms with Crippen LogP contribution in [0.2, 0.25) is 0 Å². The predicted molar refractivity (Wildman–Crippen MR) is 149 cm³/mol. The van der Waals surface area contributed by atoms with Gasteiger partial charge in [0.25, 0.3) is 0 Å². The third-order valence-corrected chi connectivity index (χ3v) is 8.21. The summed E-state index contributed by atoms with van der Waals surface area (Å²) in [5.74, 6) is 0.311. The summed E-state index contributed by atoms with van der Waals surface area (Å²) in [6, 6.07) is 0.656. The van der Waals surface area contributed by atoms with Gasteiger partial charge < -0.3 is 10.2 Å². The van der Waals surface area contributed by atoms with Crippen LogP contribution in [0.5, 0.6) is 0 Å². The molecule has 0 aromatic heterocycles. The number of hydrogen-bond donors (Lipinski definition) is 1. The molecule has 1 atom stereocenters. The minimum atomic E-state index is -0.234. The van der Waals surface area contributed by atoms with Gasteiger partial charge in [-0.05, 0) is 56.4 Å². The lowest BCUT2D eigenvalue weighted by atomic mass is 9.70. The summed E-state index contributed by atoms with van der Waals surface area (Å²) in [6.45, 7) is 17.6. The van der Waals surface area contributed by atoms with E-state index in [4.69, 9.17) is 0 Å². The molecule has 1 heterocycles. The van der Waals surface area contributed by atoms with E-state index >= 15 is 0 Å². The largest absolute Gasteiger partial charge is 0.312 e. The smallest absolute Gasteiger partial charge is 0.233 e. The van der Waals surface area contributed by atoms with Crippen LogP contribution in [0.15, 0.2) is 46.1 Å². The van der Waals surface area contributed by atoms with E-state index in [9.17, 15) is 9.59 Å². The molecule has 1 saturated carbocycles. The van der Waals surface area contributed by atoms with Crippen molar-refractivity contribution in [2.75, 3.05) is 6.54 Å². The normalized spacial score (nSPS) is 28.2. The first-order valence-corrected chi connectivity index (χ1v) is 14.3. The molecule has 34 heavy (non-hydrogen) atoms. The van der Waals surface area contributed by atoms with Gasteiger partial charge in [0.2, 0.25) is 5.91 Å². The number of ketones is 1. The maximum absolute atomic E-state index is 13.6. The molecule has 4 rings (SSSR count). The Morgan fingerprint density at radius 3 is 2.35 bits per heavy atom. The maximum atomic E-state index is 13.6. The molecule has 1 unspecified atom stereocenters. The fourth-order valence-electron chi connectivity index (χ4n) is 5.47. The van der Waals surface area contributed by atoms with Crippen molar-refractivity contribution >= 4 is 23.5 Å². The van der Waals surface area contributed by atoms with Crippen molar-refractivity contribution in [1.82, 2.24) is 10.2 Å². The maximum Gasteiger partial charge on any atom is 0.233 e. The Kier molecular flexibility index (Phi) is 10.9. The van der Waals surface area contributed by atoms with Gasteiger partial charge in [-0.1, -0.05) is 59.8 Å². The number of likely N-dealkylation sites (tertiary alicyclic amines) is 1. The Morgan fingerprint density at radius 2 is 1.85 bits per heavy atom. The van der Waals surface area contributed by atoms with Crippen LogP contribution >= 0.6 is 11.8 Å². The molecule has 0 aromatic carbocycles. The molecule has 0 aromatic rings. The number of rotatable bonds is 6. The molecule has 0 radical (unpaired) electrons.